The minimum Gasteiger partial charge on any atom is -0.491 e. The average molecular weight is 385 g/mol. The van der Waals surface area contributed by atoms with Crippen LogP contribution >= 0.6 is 0 Å². The molecule has 0 heterocycles. The third-order valence-corrected chi connectivity index (χ3v) is 4.08. The maximum absolute atomic E-state index is 11.0. The summed E-state index contributed by atoms with van der Waals surface area (Å²) in [6.07, 6.45) is 1.93. The summed E-state index contributed by atoms with van der Waals surface area (Å²) in [5.74, 6) is 1.56. The second-order valence-corrected chi connectivity index (χ2v) is 8.25. The monoisotopic (exact) mass is 384 g/mol. The average Bonchev–Trinajstić information content (AvgIpc) is 2.51. The summed E-state index contributed by atoms with van der Waals surface area (Å²) in [5.41, 5.74) is 2.18. The fourth-order valence-electron chi connectivity index (χ4n) is 2.21. The van der Waals surface area contributed by atoms with Crippen molar-refractivity contribution < 1.29 is 13.2 Å². The van der Waals surface area contributed by atoms with Crippen molar-refractivity contribution >= 4 is 16.0 Å². The fraction of sp³-hybridized carbons (Fsp3) is 0.611. The Balaban J connectivity index is 2.65. The van der Waals surface area contributed by atoms with Crippen molar-refractivity contribution in [2.24, 2.45) is 4.99 Å². The summed E-state index contributed by atoms with van der Waals surface area (Å²) in [5, 5.41) is 6.40. The highest BCUT2D eigenvalue weighted by molar-refractivity contribution is 7.88. The van der Waals surface area contributed by atoms with E-state index in [0.717, 1.165) is 29.7 Å². The highest BCUT2D eigenvalue weighted by atomic mass is 32.2. The number of hydrogen-bond acceptors (Lipinski definition) is 4. The molecule has 26 heavy (non-hydrogen) atoms. The number of benzene rings is 1. The van der Waals surface area contributed by atoms with Crippen molar-refractivity contribution in [2.45, 2.75) is 46.8 Å². The highest BCUT2D eigenvalue weighted by Gasteiger charge is 2.07. The first kappa shape index (κ1) is 22.2. The molecule has 1 rings (SSSR count). The maximum Gasteiger partial charge on any atom is 0.208 e. The normalized spacial score (nSPS) is 12.3. The molecule has 0 saturated carbocycles. The van der Waals surface area contributed by atoms with E-state index in [4.69, 9.17) is 4.74 Å². The molecule has 8 heteroatoms. The molecule has 1 aromatic carbocycles. The van der Waals surface area contributed by atoms with Crippen LogP contribution in [-0.4, -0.2) is 46.4 Å². The molecule has 0 saturated heterocycles. The summed E-state index contributed by atoms with van der Waals surface area (Å²) in [6.45, 7) is 10.3. The molecule has 0 bridgehead atoms. The van der Waals surface area contributed by atoms with Gasteiger partial charge in [0, 0.05) is 25.2 Å². The summed E-state index contributed by atoms with van der Waals surface area (Å²) in [6, 6.07) is 6.12. The zero-order chi connectivity index (χ0) is 19.6. The van der Waals surface area contributed by atoms with Crippen LogP contribution in [0.15, 0.2) is 23.2 Å². The standard InChI is InChI=1S/C18H32N4O3S/c1-6-19-18(20-10-7-11-22-26(5,23)24)21-13-16-9-8-15(4)12-17(16)25-14(2)3/h8-9,12,14,22H,6-7,10-11,13H2,1-5H3,(H2,19,20,21). The molecule has 0 atom stereocenters. The van der Waals surface area contributed by atoms with Gasteiger partial charge >= 0.3 is 0 Å². The summed E-state index contributed by atoms with van der Waals surface area (Å²) >= 11 is 0. The number of rotatable bonds is 10. The Labute approximate surface area is 157 Å². The number of nitrogens with one attached hydrogen (secondary N) is 3. The fourth-order valence-corrected chi connectivity index (χ4v) is 2.73. The Bertz CT molecular complexity index is 688. The Morgan fingerprint density at radius 2 is 1.96 bits per heavy atom. The summed E-state index contributed by atoms with van der Waals surface area (Å²) in [7, 11) is -3.14. The highest BCUT2D eigenvalue weighted by Crippen LogP contribution is 2.22. The van der Waals surface area contributed by atoms with Gasteiger partial charge in [-0.25, -0.2) is 18.1 Å². The van der Waals surface area contributed by atoms with E-state index in [1.165, 1.54) is 0 Å². The zero-order valence-corrected chi connectivity index (χ0v) is 17.2. The molecule has 1 aromatic rings. The first-order valence-electron chi connectivity index (χ1n) is 8.94. The second-order valence-electron chi connectivity index (χ2n) is 6.42. The number of guanidine groups is 1. The van der Waals surface area contributed by atoms with Crippen LogP contribution in [-0.2, 0) is 16.6 Å². The Morgan fingerprint density at radius 1 is 1.23 bits per heavy atom. The molecule has 0 aliphatic rings. The van der Waals surface area contributed by atoms with Gasteiger partial charge < -0.3 is 15.4 Å². The van der Waals surface area contributed by atoms with Crippen molar-refractivity contribution in [1.29, 1.82) is 0 Å². The number of hydrogen-bond donors (Lipinski definition) is 3. The lowest BCUT2D eigenvalue weighted by atomic mass is 10.1. The molecule has 7 nitrogen and oxygen atoms in total. The second kappa shape index (κ2) is 11.0. The largest absolute Gasteiger partial charge is 0.491 e. The van der Waals surface area contributed by atoms with Crippen LogP contribution in [0, 0.1) is 6.92 Å². The molecular weight excluding hydrogens is 352 g/mol. The number of aliphatic imine (C=N–C) groups is 1. The predicted octanol–water partition coefficient (Wildman–Crippen LogP) is 1.78. The first-order chi connectivity index (χ1) is 12.2. The smallest absolute Gasteiger partial charge is 0.208 e. The topological polar surface area (TPSA) is 91.8 Å². The lowest BCUT2D eigenvalue weighted by Crippen LogP contribution is -2.38. The number of sulfonamides is 1. The van der Waals surface area contributed by atoms with Gasteiger partial charge in [-0.3, -0.25) is 0 Å². The Hall–Kier alpha value is -1.80. The van der Waals surface area contributed by atoms with E-state index in [9.17, 15) is 8.42 Å². The molecule has 0 aliphatic carbocycles. The Morgan fingerprint density at radius 3 is 2.58 bits per heavy atom. The molecule has 0 amide bonds. The van der Waals surface area contributed by atoms with Gasteiger partial charge in [0.1, 0.15) is 5.75 Å². The van der Waals surface area contributed by atoms with E-state index in [1.807, 2.05) is 39.8 Å². The predicted molar refractivity (Wildman–Crippen MR) is 107 cm³/mol. The zero-order valence-electron chi connectivity index (χ0n) is 16.4. The van der Waals surface area contributed by atoms with Crippen LogP contribution in [0.4, 0.5) is 0 Å². The van der Waals surface area contributed by atoms with E-state index in [1.54, 1.807) is 0 Å². The number of ether oxygens (including phenoxy) is 1. The van der Waals surface area contributed by atoms with Crippen LogP contribution in [0.1, 0.15) is 38.3 Å². The van der Waals surface area contributed by atoms with Gasteiger partial charge in [0.15, 0.2) is 5.96 Å². The van der Waals surface area contributed by atoms with Gasteiger partial charge in [-0.2, -0.15) is 0 Å². The van der Waals surface area contributed by atoms with E-state index < -0.39 is 10.0 Å². The van der Waals surface area contributed by atoms with Crippen LogP contribution in [0.5, 0.6) is 5.75 Å². The summed E-state index contributed by atoms with van der Waals surface area (Å²) < 4.78 is 30.4. The van der Waals surface area contributed by atoms with Gasteiger partial charge in [0.25, 0.3) is 0 Å². The quantitative estimate of drug-likeness (QED) is 0.325. The van der Waals surface area contributed by atoms with Gasteiger partial charge in [-0.1, -0.05) is 12.1 Å². The van der Waals surface area contributed by atoms with Gasteiger partial charge in [0.2, 0.25) is 10.0 Å². The van der Waals surface area contributed by atoms with Crippen molar-refractivity contribution in [3.8, 4) is 5.75 Å². The van der Waals surface area contributed by atoms with E-state index in [-0.39, 0.29) is 6.10 Å². The minimum atomic E-state index is -3.14. The van der Waals surface area contributed by atoms with E-state index in [0.29, 0.717) is 32.0 Å². The van der Waals surface area contributed by atoms with Crippen LogP contribution in [0.3, 0.4) is 0 Å². The molecule has 0 spiro atoms. The molecule has 0 radical (unpaired) electrons. The number of aryl methyl sites for hydroxylation is 1. The molecule has 0 unspecified atom stereocenters. The molecule has 0 fully saturated rings. The molecule has 0 aromatic heterocycles. The number of nitrogens with zero attached hydrogens (tertiary/aromatic N) is 1. The van der Waals surface area contributed by atoms with Crippen molar-refractivity contribution in [1.82, 2.24) is 15.4 Å². The van der Waals surface area contributed by atoms with Crippen LogP contribution in [0.25, 0.3) is 0 Å². The molecule has 148 valence electrons. The van der Waals surface area contributed by atoms with Crippen molar-refractivity contribution in [2.75, 3.05) is 25.9 Å². The molecular formula is C18H32N4O3S. The van der Waals surface area contributed by atoms with Gasteiger partial charge in [0.05, 0.1) is 18.9 Å². The van der Waals surface area contributed by atoms with Gasteiger partial charge in [-0.15, -0.1) is 0 Å². The van der Waals surface area contributed by atoms with E-state index >= 15 is 0 Å². The van der Waals surface area contributed by atoms with Crippen molar-refractivity contribution in [3.63, 3.8) is 0 Å². The van der Waals surface area contributed by atoms with Gasteiger partial charge in [-0.05, 0) is 45.7 Å². The lowest BCUT2D eigenvalue weighted by Gasteiger charge is -2.15. The van der Waals surface area contributed by atoms with Crippen LogP contribution in [0.2, 0.25) is 0 Å². The maximum atomic E-state index is 11.0. The van der Waals surface area contributed by atoms with Crippen LogP contribution < -0.4 is 20.1 Å². The van der Waals surface area contributed by atoms with Crippen molar-refractivity contribution in [3.05, 3.63) is 29.3 Å². The Kier molecular flexibility index (Phi) is 9.43. The molecule has 0 aliphatic heterocycles. The third-order valence-electron chi connectivity index (χ3n) is 3.35. The first-order valence-corrected chi connectivity index (χ1v) is 10.8. The summed E-state index contributed by atoms with van der Waals surface area (Å²) in [4.78, 5) is 4.60. The minimum absolute atomic E-state index is 0.105. The molecule has 3 N–H and O–H groups in total. The third kappa shape index (κ3) is 9.62. The lowest BCUT2D eigenvalue weighted by molar-refractivity contribution is 0.240. The SMILES string of the molecule is CCNC(=NCc1ccc(C)cc1OC(C)C)NCCCNS(C)(=O)=O. The van der Waals surface area contributed by atoms with E-state index in [2.05, 4.69) is 26.4 Å².